The topological polar surface area (TPSA) is 61.2 Å². The van der Waals surface area contributed by atoms with E-state index >= 15 is 0 Å². The maximum Gasteiger partial charge on any atom is 0.242 e. The molecule has 0 N–H and O–H groups in total. The van der Waals surface area contributed by atoms with Gasteiger partial charge in [0.2, 0.25) is 10.0 Å². The molecule has 1 atom stereocenters. The molecule has 4 nitrogen and oxygen atoms in total. The lowest BCUT2D eigenvalue weighted by Gasteiger charge is -2.12. The Kier molecular flexibility index (Phi) is 4.69. The summed E-state index contributed by atoms with van der Waals surface area (Å²) in [5.74, 6) is -0.258. The van der Waals surface area contributed by atoms with Crippen molar-refractivity contribution in [2.45, 2.75) is 10.8 Å². The number of rotatable bonds is 4. The summed E-state index contributed by atoms with van der Waals surface area (Å²) in [6, 6.07) is 8.54. The van der Waals surface area contributed by atoms with E-state index in [9.17, 15) is 8.42 Å². The monoisotopic (exact) mass is 316 g/mol. The van der Waals surface area contributed by atoms with Gasteiger partial charge in [0.05, 0.1) is 16.9 Å². The lowest BCUT2D eigenvalue weighted by atomic mass is 10.0. The number of hydrogen-bond acceptors (Lipinski definition) is 3. The van der Waals surface area contributed by atoms with Gasteiger partial charge in [0.1, 0.15) is 0 Å². The zero-order valence-electron chi connectivity index (χ0n) is 9.59. The van der Waals surface area contributed by atoms with Crippen LogP contribution in [0.3, 0.4) is 0 Å². The van der Waals surface area contributed by atoms with Crippen molar-refractivity contribution in [2.24, 2.45) is 0 Å². The zero-order chi connectivity index (χ0) is 13.1. The molecule has 0 heterocycles. The van der Waals surface area contributed by atoms with Crippen LogP contribution in [0.5, 0.6) is 0 Å². The Morgan fingerprint density at radius 1 is 1.35 bits per heavy atom. The van der Waals surface area contributed by atoms with Crippen molar-refractivity contribution in [2.75, 3.05) is 19.4 Å². The van der Waals surface area contributed by atoms with Crippen LogP contribution in [-0.4, -0.2) is 32.1 Å². The molecule has 1 aromatic rings. The fraction of sp³-hybridized carbons (Fsp3) is 0.364. The van der Waals surface area contributed by atoms with Gasteiger partial charge >= 0.3 is 0 Å². The smallest absolute Gasteiger partial charge is 0.207 e. The Balaban J connectivity index is 3.09. The molecule has 0 saturated heterocycles. The molecule has 0 aliphatic heterocycles. The lowest BCUT2D eigenvalue weighted by Crippen LogP contribution is -2.22. The van der Waals surface area contributed by atoms with Crippen molar-refractivity contribution < 1.29 is 8.42 Å². The first-order valence-corrected chi connectivity index (χ1v) is 7.47. The molecule has 0 fully saturated rings. The molecule has 0 bridgehead atoms. The Morgan fingerprint density at radius 2 is 1.88 bits per heavy atom. The van der Waals surface area contributed by atoms with Crippen LogP contribution in [0, 0.1) is 11.3 Å². The van der Waals surface area contributed by atoms with Gasteiger partial charge in [-0.3, -0.25) is 0 Å². The quantitative estimate of drug-likeness (QED) is 0.797. The van der Waals surface area contributed by atoms with Crippen molar-refractivity contribution in [3.8, 4) is 6.07 Å². The van der Waals surface area contributed by atoms with E-state index < -0.39 is 10.0 Å². The fourth-order valence-corrected chi connectivity index (χ4v) is 2.70. The van der Waals surface area contributed by atoms with Crippen molar-refractivity contribution in [1.29, 1.82) is 5.26 Å². The second-order valence-electron chi connectivity index (χ2n) is 3.69. The van der Waals surface area contributed by atoms with Crippen LogP contribution < -0.4 is 0 Å². The van der Waals surface area contributed by atoms with Gasteiger partial charge in [-0.1, -0.05) is 28.1 Å². The predicted octanol–water partition coefficient (Wildman–Crippen LogP) is 1.94. The van der Waals surface area contributed by atoms with E-state index in [1.54, 1.807) is 12.1 Å². The Morgan fingerprint density at radius 3 is 2.24 bits per heavy atom. The molecular formula is C11H13BrN2O2S. The SMILES string of the molecule is CN(C)S(=O)(=O)c1ccc(C(C#N)CBr)cc1. The first-order chi connectivity index (χ1) is 7.93. The molecular weight excluding hydrogens is 304 g/mol. The molecule has 6 heteroatoms. The molecule has 0 aliphatic rings. The van der Waals surface area contributed by atoms with Crippen molar-refractivity contribution in [1.82, 2.24) is 4.31 Å². The van der Waals surface area contributed by atoms with Crippen LogP contribution in [0.4, 0.5) is 0 Å². The Bertz CT molecular complexity index is 517. The summed E-state index contributed by atoms with van der Waals surface area (Å²) in [6.45, 7) is 0. The lowest BCUT2D eigenvalue weighted by molar-refractivity contribution is 0.520. The van der Waals surface area contributed by atoms with Crippen LogP contribution in [0.2, 0.25) is 0 Å². The summed E-state index contributed by atoms with van der Waals surface area (Å²) in [5.41, 5.74) is 0.807. The van der Waals surface area contributed by atoms with Crippen molar-refractivity contribution >= 4 is 26.0 Å². The van der Waals surface area contributed by atoms with E-state index in [1.807, 2.05) is 0 Å². The molecule has 0 aliphatic carbocycles. The van der Waals surface area contributed by atoms with Gasteiger partial charge in [-0.05, 0) is 17.7 Å². The van der Waals surface area contributed by atoms with Gasteiger partial charge in [0, 0.05) is 19.4 Å². The zero-order valence-corrected chi connectivity index (χ0v) is 12.0. The maximum absolute atomic E-state index is 11.8. The maximum atomic E-state index is 11.8. The van der Waals surface area contributed by atoms with E-state index in [2.05, 4.69) is 22.0 Å². The molecule has 0 saturated carbocycles. The van der Waals surface area contributed by atoms with Crippen molar-refractivity contribution in [3.05, 3.63) is 29.8 Å². The van der Waals surface area contributed by atoms with E-state index in [1.165, 1.54) is 26.2 Å². The summed E-state index contributed by atoms with van der Waals surface area (Å²) in [5, 5.41) is 9.42. The average molecular weight is 317 g/mol. The fourth-order valence-electron chi connectivity index (χ4n) is 1.28. The highest BCUT2D eigenvalue weighted by molar-refractivity contribution is 9.09. The van der Waals surface area contributed by atoms with Crippen LogP contribution in [0.1, 0.15) is 11.5 Å². The molecule has 1 rings (SSSR count). The number of nitriles is 1. The van der Waals surface area contributed by atoms with E-state index in [4.69, 9.17) is 5.26 Å². The first kappa shape index (κ1) is 14.2. The largest absolute Gasteiger partial charge is 0.242 e. The number of halogens is 1. The van der Waals surface area contributed by atoms with Gasteiger partial charge in [-0.2, -0.15) is 5.26 Å². The standard InChI is InChI=1S/C11H13BrN2O2S/c1-14(2)17(15,16)11-5-3-9(4-6-11)10(7-12)8-13/h3-6,10H,7H2,1-2H3. The number of hydrogen-bond donors (Lipinski definition) is 0. The number of nitrogens with zero attached hydrogens (tertiary/aromatic N) is 2. The second kappa shape index (κ2) is 5.63. The second-order valence-corrected chi connectivity index (χ2v) is 6.49. The summed E-state index contributed by atoms with van der Waals surface area (Å²) >= 11 is 3.24. The highest BCUT2D eigenvalue weighted by Gasteiger charge is 2.17. The minimum absolute atomic E-state index is 0.234. The van der Waals surface area contributed by atoms with Crippen LogP contribution >= 0.6 is 15.9 Å². The summed E-state index contributed by atoms with van der Waals surface area (Å²) in [7, 11) is -0.422. The first-order valence-electron chi connectivity index (χ1n) is 4.91. The van der Waals surface area contributed by atoms with Crippen LogP contribution in [0.15, 0.2) is 29.2 Å². The summed E-state index contributed by atoms with van der Waals surface area (Å²) in [4.78, 5) is 0.234. The molecule has 1 unspecified atom stereocenters. The molecule has 92 valence electrons. The normalized spacial score (nSPS) is 13.4. The Hall–Kier alpha value is -0.900. The Labute approximate surface area is 110 Å². The molecule has 17 heavy (non-hydrogen) atoms. The van der Waals surface area contributed by atoms with Gasteiger partial charge in [0.25, 0.3) is 0 Å². The van der Waals surface area contributed by atoms with Crippen molar-refractivity contribution in [3.63, 3.8) is 0 Å². The number of sulfonamides is 1. The third-order valence-corrected chi connectivity index (χ3v) is 4.85. The van der Waals surface area contributed by atoms with E-state index in [0.29, 0.717) is 5.33 Å². The summed E-state index contributed by atoms with van der Waals surface area (Å²) < 4.78 is 24.8. The molecule has 0 radical (unpaired) electrons. The van der Waals surface area contributed by atoms with Gasteiger partial charge < -0.3 is 0 Å². The average Bonchev–Trinajstić information content (AvgIpc) is 2.31. The molecule has 0 amide bonds. The highest BCUT2D eigenvalue weighted by Crippen LogP contribution is 2.20. The molecule has 1 aromatic carbocycles. The van der Waals surface area contributed by atoms with Gasteiger partial charge in [-0.15, -0.1) is 0 Å². The van der Waals surface area contributed by atoms with Crippen LogP contribution in [0.25, 0.3) is 0 Å². The summed E-state index contributed by atoms with van der Waals surface area (Å²) in [6.07, 6.45) is 0. The predicted molar refractivity (Wildman–Crippen MR) is 69.5 cm³/mol. The molecule has 0 spiro atoms. The van der Waals surface area contributed by atoms with Gasteiger partial charge in [0.15, 0.2) is 0 Å². The number of alkyl halides is 1. The van der Waals surface area contributed by atoms with Crippen LogP contribution in [-0.2, 0) is 10.0 Å². The van der Waals surface area contributed by atoms with Gasteiger partial charge in [-0.25, -0.2) is 12.7 Å². The molecule has 0 aromatic heterocycles. The van der Waals surface area contributed by atoms with E-state index in [0.717, 1.165) is 9.87 Å². The highest BCUT2D eigenvalue weighted by atomic mass is 79.9. The number of benzene rings is 1. The minimum Gasteiger partial charge on any atom is -0.207 e. The van der Waals surface area contributed by atoms with E-state index in [-0.39, 0.29) is 10.8 Å². The third-order valence-electron chi connectivity index (χ3n) is 2.37. The third kappa shape index (κ3) is 3.06. The minimum atomic E-state index is -3.39.